The third-order valence-corrected chi connectivity index (χ3v) is 6.56. The van der Waals surface area contributed by atoms with Crippen molar-refractivity contribution in [3.63, 3.8) is 0 Å². The highest BCUT2D eigenvalue weighted by Gasteiger charge is 2.40. The minimum Gasteiger partial charge on any atom is -0.465 e. The van der Waals surface area contributed by atoms with Crippen LogP contribution in [0.3, 0.4) is 0 Å². The Morgan fingerprint density at radius 1 is 1.03 bits per heavy atom. The molecule has 1 aliphatic rings. The molecule has 3 aromatic rings. The SMILES string of the molecule is CCCCc1ncc(/C=C2/C(=O)N(CCCC)C(=O)N2Cc2cnc[nH]2)n1Cc1ccc(C(=O)OC)cc1.Cl. The number of hydrogen-bond donors (Lipinski definition) is 1. The second kappa shape index (κ2) is 13.7. The number of nitrogens with one attached hydrogen (secondary N) is 1. The molecule has 0 atom stereocenters. The van der Waals surface area contributed by atoms with Crippen LogP contribution in [0.15, 0.2) is 48.7 Å². The number of carbonyl (C=O) groups excluding carboxylic acids is 3. The van der Waals surface area contributed by atoms with Crippen LogP contribution in [-0.2, 0) is 29.0 Å². The molecular formula is C28H35ClN6O4. The van der Waals surface area contributed by atoms with Gasteiger partial charge in [-0.1, -0.05) is 38.8 Å². The summed E-state index contributed by atoms with van der Waals surface area (Å²) in [5, 5.41) is 0. The van der Waals surface area contributed by atoms with Crippen molar-refractivity contribution in [2.45, 2.75) is 59.0 Å². The number of amides is 3. The van der Waals surface area contributed by atoms with Crippen molar-refractivity contribution >= 4 is 36.4 Å². The summed E-state index contributed by atoms with van der Waals surface area (Å²) in [5.74, 6) is 0.200. The Hall–Kier alpha value is -3.92. The fourth-order valence-corrected chi connectivity index (χ4v) is 4.38. The molecule has 1 fully saturated rings. The number of nitrogens with zero attached hydrogens (tertiary/aromatic N) is 5. The first-order valence-electron chi connectivity index (χ1n) is 13.0. The summed E-state index contributed by atoms with van der Waals surface area (Å²) >= 11 is 0. The molecule has 0 spiro atoms. The molecule has 4 rings (SSSR count). The highest BCUT2D eigenvalue weighted by atomic mass is 35.5. The van der Waals surface area contributed by atoms with E-state index in [0.29, 0.717) is 24.4 Å². The lowest BCUT2D eigenvalue weighted by molar-refractivity contribution is -0.123. The minimum absolute atomic E-state index is 0. The van der Waals surface area contributed by atoms with E-state index >= 15 is 0 Å². The molecule has 1 N–H and O–H groups in total. The van der Waals surface area contributed by atoms with E-state index in [1.807, 2.05) is 19.1 Å². The quantitative estimate of drug-likeness (QED) is 0.195. The summed E-state index contributed by atoms with van der Waals surface area (Å²) in [6.07, 6.45) is 11.1. The smallest absolute Gasteiger partial charge is 0.337 e. The van der Waals surface area contributed by atoms with Crippen molar-refractivity contribution in [3.8, 4) is 0 Å². The zero-order chi connectivity index (χ0) is 27.1. The number of urea groups is 1. The second-order valence-corrected chi connectivity index (χ2v) is 9.26. The first kappa shape index (κ1) is 29.6. The molecule has 10 nitrogen and oxygen atoms in total. The molecule has 1 aromatic carbocycles. The number of aromatic amines is 1. The van der Waals surface area contributed by atoms with E-state index in [4.69, 9.17) is 4.74 Å². The van der Waals surface area contributed by atoms with Gasteiger partial charge in [-0.05, 0) is 36.6 Å². The number of aryl methyl sites for hydroxylation is 1. The molecule has 208 valence electrons. The lowest BCUT2D eigenvalue weighted by Crippen LogP contribution is -2.33. The van der Waals surface area contributed by atoms with Gasteiger partial charge in [-0.25, -0.2) is 19.6 Å². The first-order valence-corrected chi connectivity index (χ1v) is 13.0. The van der Waals surface area contributed by atoms with Crippen LogP contribution in [0.5, 0.6) is 0 Å². The van der Waals surface area contributed by atoms with E-state index < -0.39 is 0 Å². The van der Waals surface area contributed by atoms with Crippen molar-refractivity contribution in [1.82, 2.24) is 29.3 Å². The number of imidazole rings is 2. The molecule has 3 heterocycles. The fourth-order valence-electron chi connectivity index (χ4n) is 4.38. The summed E-state index contributed by atoms with van der Waals surface area (Å²) in [6, 6.07) is 6.90. The van der Waals surface area contributed by atoms with E-state index in [9.17, 15) is 14.4 Å². The molecule has 1 saturated heterocycles. The summed E-state index contributed by atoms with van der Waals surface area (Å²) in [5.41, 5.74) is 3.23. The van der Waals surface area contributed by atoms with Crippen LogP contribution in [0.25, 0.3) is 6.08 Å². The van der Waals surface area contributed by atoms with Gasteiger partial charge in [-0.3, -0.25) is 14.6 Å². The molecule has 39 heavy (non-hydrogen) atoms. The van der Waals surface area contributed by atoms with Crippen molar-refractivity contribution in [2.24, 2.45) is 0 Å². The number of halogens is 1. The number of benzene rings is 1. The third kappa shape index (κ3) is 6.75. The number of rotatable bonds is 12. The van der Waals surface area contributed by atoms with Crippen LogP contribution in [0.1, 0.15) is 72.7 Å². The normalized spacial score (nSPS) is 14.3. The zero-order valence-electron chi connectivity index (χ0n) is 22.6. The maximum atomic E-state index is 13.4. The molecular weight excluding hydrogens is 520 g/mol. The second-order valence-electron chi connectivity index (χ2n) is 9.26. The fraction of sp³-hybridized carbons (Fsp3) is 0.393. The Labute approximate surface area is 234 Å². The predicted molar refractivity (Wildman–Crippen MR) is 149 cm³/mol. The van der Waals surface area contributed by atoms with Gasteiger partial charge in [0, 0.05) is 25.7 Å². The monoisotopic (exact) mass is 554 g/mol. The Balaban J connectivity index is 0.00000420. The van der Waals surface area contributed by atoms with Crippen LogP contribution in [0.2, 0.25) is 0 Å². The number of esters is 1. The summed E-state index contributed by atoms with van der Waals surface area (Å²) in [7, 11) is 1.36. The number of hydrogen-bond acceptors (Lipinski definition) is 6. The standard InChI is InChI=1S/C28H34N6O4.ClH/c1-4-6-8-25-30-16-23(33(25)17-20-9-11-21(12-10-20)27(36)38-3)14-24-26(35)32(13-7-5-2)28(37)34(24)18-22-15-29-19-31-22;/h9-12,14-16,19H,4-8,13,17-18H2,1-3H3,(H,29,31);1H/b24-14-;. The lowest BCUT2D eigenvalue weighted by Gasteiger charge is -2.16. The Morgan fingerprint density at radius 3 is 2.41 bits per heavy atom. The van der Waals surface area contributed by atoms with Crippen LogP contribution < -0.4 is 0 Å². The van der Waals surface area contributed by atoms with Crippen LogP contribution in [0.4, 0.5) is 4.79 Å². The molecule has 0 aliphatic carbocycles. The lowest BCUT2D eigenvalue weighted by atomic mass is 10.1. The molecule has 0 radical (unpaired) electrons. The van der Waals surface area contributed by atoms with E-state index in [0.717, 1.165) is 54.9 Å². The average molecular weight is 555 g/mol. The summed E-state index contributed by atoms with van der Waals surface area (Å²) < 4.78 is 6.87. The van der Waals surface area contributed by atoms with Crippen molar-refractivity contribution in [3.05, 3.63) is 77.0 Å². The molecule has 2 aromatic heterocycles. The summed E-state index contributed by atoms with van der Waals surface area (Å²) in [4.78, 5) is 53.1. The number of carbonyl (C=O) groups is 3. The maximum Gasteiger partial charge on any atom is 0.337 e. The van der Waals surface area contributed by atoms with Crippen LogP contribution in [-0.4, -0.2) is 60.9 Å². The van der Waals surface area contributed by atoms with E-state index in [2.05, 4.69) is 26.4 Å². The topological polar surface area (TPSA) is 113 Å². The largest absolute Gasteiger partial charge is 0.465 e. The highest BCUT2D eigenvalue weighted by Crippen LogP contribution is 2.27. The van der Waals surface area contributed by atoms with Gasteiger partial charge < -0.3 is 14.3 Å². The number of unbranched alkanes of at least 4 members (excludes halogenated alkanes) is 2. The predicted octanol–water partition coefficient (Wildman–Crippen LogP) is 4.81. The molecule has 0 bridgehead atoms. The molecule has 3 amide bonds. The average Bonchev–Trinajstić information content (AvgIpc) is 3.63. The van der Waals surface area contributed by atoms with Crippen LogP contribution in [0, 0.1) is 0 Å². The van der Waals surface area contributed by atoms with Crippen molar-refractivity contribution < 1.29 is 19.1 Å². The number of H-pyrrole nitrogens is 1. The van der Waals surface area contributed by atoms with Crippen molar-refractivity contribution in [1.29, 1.82) is 0 Å². The van der Waals surface area contributed by atoms with Gasteiger partial charge in [0.25, 0.3) is 5.91 Å². The van der Waals surface area contributed by atoms with Crippen molar-refractivity contribution in [2.75, 3.05) is 13.7 Å². The zero-order valence-corrected chi connectivity index (χ0v) is 23.4. The maximum absolute atomic E-state index is 13.4. The van der Waals surface area contributed by atoms with Gasteiger partial charge >= 0.3 is 12.0 Å². The van der Waals surface area contributed by atoms with Gasteiger partial charge in [0.1, 0.15) is 11.5 Å². The number of aromatic nitrogens is 4. The number of ether oxygens (including phenoxy) is 1. The molecule has 0 saturated carbocycles. The first-order chi connectivity index (χ1) is 18.5. The van der Waals surface area contributed by atoms with E-state index in [-0.39, 0.29) is 36.9 Å². The molecule has 1 aliphatic heterocycles. The number of imide groups is 1. The van der Waals surface area contributed by atoms with Crippen LogP contribution >= 0.6 is 12.4 Å². The Kier molecular flexibility index (Phi) is 10.4. The van der Waals surface area contributed by atoms with Gasteiger partial charge in [0.15, 0.2) is 0 Å². The molecule has 0 unspecified atom stereocenters. The third-order valence-electron chi connectivity index (χ3n) is 6.56. The minimum atomic E-state index is -0.386. The van der Waals surface area contributed by atoms with Gasteiger partial charge in [-0.15, -0.1) is 12.4 Å². The molecule has 11 heteroatoms. The van der Waals surface area contributed by atoms with Gasteiger partial charge in [-0.2, -0.15) is 0 Å². The van der Waals surface area contributed by atoms with E-state index in [1.54, 1.807) is 36.9 Å². The highest BCUT2D eigenvalue weighted by molar-refractivity contribution is 6.13. The summed E-state index contributed by atoms with van der Waals surface area (Å²) in [6.45, 7) is 5.24. The number of methoxy groups -OCH3 is 1. The van der Waals surface area contributed by atoms with E-state index in [1.165, 1.54) is 16.9 Å². The Bertz CT molecular complexity index is 1300. The van der Waals surface area contributed by atoms with Gasteiger partial charge in [0.2, 0.25) is 0 Å². The van der Waals surface area contributed by atoms with Gasteiger partial charge in [0.05, 0.1) is 43.1 Å². The Morgan fingerprint density at radius 2 is 1.77 bits per heavy atom.